The van der Waals surface area contributed by atoms with Gasteiger partial charge in [0.05, 0.1) is 16.6 Å². The summed E-state index contributed by atoms with van der Waals surface area (Å²) in [6.07, 6.45) is 2.06. The summed E-state index contributed by atoms with van der Waals surface area (Å²) in [6, 6.07) is 4.67. The molecular formula is C17H22Cl3N3O2. The number of benzene rings is 1. The van der Waals surface area contributed by atoms with Gasteiger partial charge in [-0.05, 0) is 56.0 Å². The van der Waals surface area contributed by atoms with Crippen molar-refractivity contribution in [2.75, 3.05) is 32.7 Å². The van der Waals surface area contributed by atoms with Gasteiger partial charge in [-0.15, -0.1) is 12.4 Å². The maximum atomic E-state index is 12.4. The maximum absolute atomic E-state index is 12.4. The molecule has 3 rings (SSSR count). The van der Waals surface area contributed by atoms with Gasteiger partial charge >= 0.3 is 0 Å². The van der Waals surface area contributed by atoms with Crippen LogP contribution in [0.3, 0.4) is 0 Å². The fraction of sp³-hybridized carbons (Fsp3) is 0.529. The Morgan fingerprint density at radius 1 is 1.12 bits per heavy atom. The molecule has 2 fully saturated rings. The second-order valence-electron chi connectivity index (χ2n) is 6.45. The highest BCUT2D eigenvalue weighted by Gasteiger charge is 2.31. The van der Waals surface area contributed by atoms with Gasteiger partial charge in [-0.25, -0.2) is 0 Å². The molecule has 2 aliphatic rings. The lowest BCUT2D eigenvalue weighted by Crippen LogP contribution is -2.41. The summed E-state index contributed by atoms with van der Waals surface area (Å²) in [6.45, 7) is 3.66. The van der Waals surface area contributed by atoms with Crippen LogP contribution in [0.1, 0.15) is 23.2 Å². The van der Waals surface area contributed by atoms with Crippen molar-refractivity contribution in [3.05, 3.63) is 33.8 Å². The van der Waals surface area contributed by atoms with E-state index in [2.05, 4.69) is 10.6 Å². The molecule has 138 valence electrons. The van der Waals surface area contributed by atoms with Gasteiger partial charge in [-0.2, -0.15) is 0 Å². The first-order valence-corrected chi connectivity index (χ1v) is 9.02. The SMILES string of the molecule is Cl.O=C(NCC(=O)N1CC[C@@H]2CNC[C@@H]2CC1)c1ccc(Cl)c(Cl)c1. The first-order valence-electron chi connectivity index (χ1n) is 8.26. The number of rotatable bonds is 3. The third-order valence-electron chi connectivity index (χ3n) is 4.95. The third-order valence-corrected chi connectivity index (χ3v) is 5.69. The minimum atomic E-state index is -0.321. The monoisotopic (exact) mass is 405 g/mol. The molecule has 2 saturated heterocycles. The normalized spacial score (nSPS) is 22.6. The molecule has 2 aliphatic heterocycles. The second kappa shape index (κ2) is 9.08. The Morgan fingerprint density at radius 3 is 2.36 bits per heavy atom. The standard InChI is InChI=1S/C17H21Cl2N3O2.ClH/c18-14-2-1-11(7-15(14)19)17(24)21-10-16(23)22-5-3-12-8-20-9-13(12)4-6-22;/h1-2,7,12-13,20H,3-6,8-10H2,(H,21,24);1H/t12-,13+;. The van der Waals surface area contributed by atoms with E-state index in [0.29, 0.717) is 27.4 Å². The Hall–Kier alpha value is -1.01. The highest BCUT2D eigenvalue weighted by Crippen LogP contribution is 2.27. The van der Waals surface area contributed by atoms with Crippen LogP contribution in [0.15, 0.2) is 18.2 Å². The number of amides is 2. The van der Waals surface area contributed by atoms with Crippen LogP contribution >= 0.6 is 35.6 Å². The largest absolute Gasteiger partial charge is 0.343 e. The molecule has 2 amide bonds. The van der Waals surface area contributed by atoms with E-state index in [-0.39, 0.29) is 30.8 Å². The zero-order valence-corrected chi connectivity index (χ0v) is 16.1. The number of nitrogens with one attached hydrogen (secondary N) is 2. The van der Waals surface area contributed by atoms with Crippen molar-refractivity contribution in [3.8, 4) is 0 Å². The number of carbonyl (C=O) groups is 2. The molecule has 0 saturated carbocycles. The summed E-state index contributed by atoms with van der Waals surface area (Å²) in [4.78, 5) is 26.4. The van der Waals surface area contributed by atoms with Gasteiger partial charge in [0.15, 0.2) is 0 Å². The van der Waals surface area contributed by atoms with Gasteiger partial charge in [-0.3, -0.25) is 9.59 Å². The average molecular weight is 407 g/mol. The Kier molecular flexibility index (Phi) is 7.37. The Morgan fingerprint density at radius 2 is 1.76 bits per heavy atom. The zero-order chi connectivity index (χ0) is 17.1. The summed E-state index contributed by atoms with van der Waals surface area (Å²) in [5.41, 5.74) is 0.397. The van der Waals surface area contributed by atoms with Gasteiger partial charge in [0, 0.05) is 18.7 Å². The van der Waals surface area contributed by atoms with Crippen LogP contribution in [0.4, 0.5) is 0 Å². The topological polar surface area (TPSA) is 61.4 Å². The van der Waals surface area contributed by atoms with Crippen LogP contribution in [0, 0.1) is 11.8 Å². The molecule has 2 heterocycles. The highest BCUT2D eigenvalue weighted by molar-refractivity contribution is 6.42. The first-order chi connectivity index (χ1) is 11.5. The fourth-order valence-corrected chi connectivity index (χ4v) is 3.77. The van der Waals surface area contributed by atoms with Crippen molar-refractivity contribution in [1.29, 1.82) is 0 Å². The number of hydrogen-bond acceptors (Lipinski definition) is 3. The van der Waals surface area contributed by atoms with E-state index >= 15 is 0 Å². The summed E-state index contributed by atoms with van der Waals surface area (Å²) in [5, 5.41) is 6.81. The maximum Gasteiger partial charge on any atom is 0.251 e. The van der Waals surface area contributed by atoms with Gasteiger partial charge in [0.2, 0.25) is 5.91 Å². The van der Waals surface area contributed by atoms with Crippen LogP contribution in [0.5, 0.6) is 0 Å². The smallest absolute Gasteiger partial charge is 0.251 e. The summed E-state index contributed by atoms with van der Waals surface area (Å²) in [7, 11) is 0. The molecule has 25 heavy (non-hydrogen) atoms. The van der Waals surface area contributed by atoms with Crippen LogP contribution in [-0.4, -0.2) is 49.4 Å². The number of carbonyl (C=O) groups excluding carboxylic acids is 2. The van der Waals surface area contributed by atoms with Crippen molar-refractivity contribution in [2.24, 2.45) is 11.8 Å². The molecule has 0 unspecified atom stereocenters. The molecule has 1 aromatic rings. The lowest BCUT2D eigenvalue weighted by molar-refractivity contribution is -0.130. The van der Waals surface area contributed by atoms with Crippen molar-refractivity contribution in [2.45, 2.75) is 12.8 Å². The van der Waals surface area contributed by atoms with Crippen molar-refractivity contribution in [1.82, 2.24) is 15.5 Å². The number of fused-ring (bicyclic) bond motifs is 1. The zero-order valence-electron chi connectivity index (χ0n) is 13.8. The molecule has 0 aliphatic carbocycles. The van der Waals surface area contributed by atoms with Gasteiger partial charge in [-0.1, -0.05) is 23.2 Å². The lowest BCUT2D eigenvalue weighted by Gasteiger charge is -2.21. The molecule has 2 atom stereocenters. The molecule has 0 bridgehead atoms. The van der Waals surface area contributed by atoms with Crippen LogP contribution in [-0.2, 0) is 4.79 Å². The average Bonchev–Trinajstić information content (AvgIpc) is 2.93. The van der Waals surface area contributed by atoms with Gasteiger partial charge in [0.25, 0.3) is 5.91 Å². The molecule has 0 spiro atoms. The minimum absolute atomic E-state index is 0. The summed E-state index contributed by atoms with van der Waals surface area (Å²) >= 11 is 11.8. The van der Waals surface area contributed by atoms with E-state index in [1.54, 1.807) is 12.1 Å². The molecule has 5 nitrogen and oxygen atoms in total. The Bertz CT molecular complexity index is 628. The van der Waals surface area contributed by atoms with Crippen molar-refractivity contribution >= 4 is 47.4 Å². The molecule has 2 N–H and O–H groups in total. The van der Waals surface area contributed by atoms with E-state index < -0.39 is 0 Å². The lowest BCUT2D eigenvalue weighted by atomic mass is 9.92. The predicted molar refractivity (Wildman–Crippen MR) is 102 cm³/mol. The number of hydrogen-bond donors (Lipinski definition) is 2. The van der Waals surface area contributed by atoms with E-state index in [4.69, 9.17) is 23.2 Å². The fourth-order valence-electron chi connectivity index (χ4n) is 3.47. The first kappa shape index (κ1) is 20.3. The van der Waals surface area contributed by atoms with Crippen molar-refractivity contribution in [3.63, 3.8) is 0 Å². The van der Waals surface area contributed by atoms with E-state index in [1.165, 1.54) is 6.07 Å². The minimum Gasteiger partial charge on any atom is -0.343 e. The van der Waals surface area contributed by atoms with Gasteiger partial charge < -0.3 is 15.5 Å². The highest BCUT2D eigenvalue weighted by atomic mass is 35.5. The molecular weight excluding hydrogens is 385 g/mol. The number of nitrogens with zero attached hydrogens (tertiary/aromatic N) is 1. The Balaban J connectivity index is 0.00000225. The van der Waals surface area contributed by atoms with E-state index in [0.717, 1.165) is 39.0 Å². The van der Waals surface area contributed by atoms with Crippen LogP contribution in [0.25, 0.3) is 0 Å². The number of likely N-dealkylation sites (tertiary alicyclic amines) is 1. The molecule has 0 radical (unpaired) electrons. The molecule has 8 heteroatoms. The predicted octanol–water partition coefficient (Wildman–Crippen LogP) is 2.60. The van der Waals surface area contributed by atoms with Crippen molar-refractivity contribution < 1.29 is 9.59 Å². The third kappa shape index (κ3) is 5.00. The quantitative estimate of drug-likeness (QED) is 0.811. The van der Waals surface area contributed by atoms with Crippen LogP contribution in [0.2, 0.25) is 10.0 Å². The Labute approximate surface area is 163 Å². The van der Waals surface area contributed by atoms with Gasteiger partial charge in [0.1, 0.15) is 0 Å². The summed E-state index contributed by atoms with van der Waals surface area (Å²) in [5.74, 6) is 0.997. The molecule has 0 aromatic heterocycles. The molecule has 1 aromatic carbocycles. The number of halogens is 3. The van der Waals surface area contributed by atoms with E-state index in [1.807, 2.05) is 4.90 Å². The summed E-state index contributed by atoms with van der Waals surface area (Å²) < 4.78 is 0. The van der Waals surface area contributed by atoms with E-state index in [9.17, 15) is 9.59 Å². The second-order valence-corrected chi connectivity index (χ2v) is 7.26. The van der Waals surface area contributed by atoms with Crippen LogP contribution < -0.4 is 10.6 Å².